The second kappa shape index (κ2) is 6.01. The molecule has 0 amide bonds. The highest BCUT2D eigenvalue weighted by atomic mass is 32.2. The van der Waals surface area contributed by atoms with Crippen molar-refractivity contribution in [1.29, 1.82) is 0 Å². The summed E-state index contributed by atoms with van der Waals surface area (Å²) in [6.07, 6.45) is 5.77. The Bertz CT molecular complexity index is 638. The first-order chi connectivity index (χ1) is 9.77. The van der Waals surface area contributed by atoms with E-state index in [1.165, 1.54) is 31.4 Å². The molecule has 0 aliphatic heterocycles. The van der Waals surface area contributed by atoms with Gasteiger partial charge in [-0.1, -0.05) is 12.8 Å². The van der Waals surface area contributed by atoms with Crippen LogP contribution in [0.25, 0.3) is 0 Å². The third kappa shape index (κ3) is 4.42. The quantitative estimate of drug-likeness (QED) is 0.617. The fourth-order valence-corrected chi connectivity index (χ4v) is 3.16. The number of nitrogens with one attached hydrogen (secondary N) is 1. The summed E-state index contributed by atoms with van der Waals surface area (Å²) in [7, 11) is -3.63. The topological polar surface area (TPSA) is 89.3 Å². The zero-order chi connectivity index (χ0) is 15.6. The van der Waals surface area contributed by atoms with Gasteiger partial charge in [0.2, 0.25) is 0 Å². The van der Waals surface area contributed by atoms with Crippen LogP contribution in [0.2, 0.25) is 0 Å². The number of hydrogen-bond donors (Lipinski definition) is 1. The van der Waals surface area contributed by atoms with E-state index in [0.717, 1.165) is 18.6 Å². The summed E-state index contributed by atoms with van der Waals surface area (Å²) in [6.45, 7) is 2.03. The van der Waals surface area contributed by atoms with Gasteiger partial charge in [0.15, 0.2) is 9.84 Å². The molecule has 0 aromatic heterocycles. The Morgan fingerprint density at radius 1 is 1.43 bits per heavy atom. The molecule has 7 heteroatoms. The average Bonchev–Trinajstić information content (AvgIpc) is 3.19. The highest BCUT2D eigenvalue weighted by molar-refractivity contribution is 7.90. The van der Waals surface area contributed by atoms with Crippen molar-refractivity contribution in [2.24, 2.45) is 5.92 Å². The maximum Gasteiger partial charge on any atom is 0.288 e. The van der Waals surface area contributed by atoms with Crippen molar-refractivity contribution in [1.82, 2.24) is 0 Å². The van der Waals surface area contributed by atoms with Gasteiger partial charge in [-0.25, -0.2) is 8.42 Å². The number of nitrogens with zero attached hydrogens (tertiary/aromatic N) is 1. The SMILES string of the molecule is CC(CCC1CC1)Nc1ccc([N+](=O)[O-])c(S(C)(=O)=O)c1. The van der Waals surface area contributed by atoms with Crippen LogP contribution in [0.4, 0.5) is 11.4 Å². The Balaban J connectivity index is 2.14. The summed E-state index contributed by atoms with van der Waals surface area (Å²) >= 11 is 0. The van der Waals surface area contributed by atoms with Crippen LogP contribution in [0.3, 0.4) is 0 Å². The monoisotopic (exact) mass is 312 g/mol. The molecule has 6 nitrogen and oxygen atoms in total. The van der Waals surface area contributed by atoms with Gasteiger partial charge in [0, 0.05) is 24.1 Å². The smallest absolute Gasteiger partial charge is 0.288 e. The first kappa shape index (κ1) is 15.8. The summed E-state index contributed by atoms with van der Waals surface area (Å²) in [5.74, 6) is 0.845. The molecule has 1 atom stereocenters. The van der Waals surface area contributed by atoms with Gasteiger partial charge >= 0.3 is 0 Å². The number of sulfone groups is 1. The lowest BCUT2D eigenvalue weighted by molar-refractivity contribution is -0.387. The molecule has 0 heterocycles. The van der Waals surface area contributed by atoms with Gasteiger partial charge in [-0.3, -0.25) is 10.1 Å². The van der Waals surface area contributed by atoms with E-state index < -0.39 is 14.8 Å². The van der Waals surface area contributed by atoms with Crippen molar-refractivity contribution >= 4 is 21.2 Å². The Morgan fingerprint density at radius 2 is 2.10 bits per heavy atom. The van der Waals surface area contributed by atoms with E-state index in [2.05, 4.69) is 5.32 Å². The van der Waals surface area contributed by atoms with Crippen molar-refractivity contribution in [2.45, 2.75) is 43.5 Å². The number of anilines is 1. The molecule has 1 saturated carbocycles. The summed E-state index contributed by atoms with van der Waals surface area (Å²) in [6, 6.07) is 4.35. The molecule has 1 aliphatic rings. The molecule has 2 rings (SSSR count). The van der Waals surface area contributed by atoms with Crippen molar-refractivity contribution in [2.75, 3.05) is 11.6 Å². The fraction of sp³-hybridized carbons (Fsp3) is 0.571. The van der Waals surface area contributed by atoms with Gasteiger partial charge in [-0.15, -0.1) is 0 Å². The van der Waals surface area contributed by atoms with Gasteiger partial charge in [-0.2, -0.15) is 0 Å². The van der Waals surface area contributed by atoms with E-state index in [-0.39, 0.29) is 16.6 Å². The van der Waals surface area contributed by atoms with Gasteiger partial charge in [0.1, 0.15) is 4.90 Å². The lowest BCUT2D eigenvalue weighted by Gasteiger charge is -2.15. The number of nitro benzene ring substituents is 1. The average molecular weight is 312 g/mol. The normalized spacial score (nSPS) is 16.5. The molecule has 1 N–H and O–H groups in total. The van der Waals surface area contributed by atoms with Crippen LogP contribution < -0.4 is 5.32 Å². The molecule has 1 aromatic carbocycles. The number of nitro groups is 1. The Labute approximate surface area is 124 Å². The molecule has 0 saturated heterocycles. The van der Waals surface area contributed by atoms with Crippen LogP contribution >= 0.6 is 0 Å². The highest BCUT2D eigenvalue weighted by Gasteiger charge is 2.24. The molecular formula is C14H20N2O4S. The first-order valence-electron chi connectivity index (χ1n) is 7.02. The molecule has 21 heavy (non-hydrogen) atoms. The third-order valence-electron chi connectivity index (χ3n) is 3.67. The molecule has 0 bridgehead atoms. The van der Waals surface area contributed by atoms with Crippen molar-refractivity contribution in [3.63, 3.8) is 0 Å². The number of hydrogen-bond acceptors (Lipinski definition) is 5. The Hall–Kier alpha value is -1.63. The van der Waals surface area contributed by atoms with E-state index >= 15 is 0 Å². The third-order valence-corrected chi connectivity index (χ3v) is 4.80. The first-order valence-corrected chi connectivity index (χ1v) is 8.91. The largest absolute Gasteiger partial charge is 0.383 e. The molecule has 0 spiro atoms. The van der Waals surface area contributed by atoms with Crippen LogP contribution in [0.15, 0.2) is 23.1 Å². The fourth-order valence-electron chi connectivity index (χ4n) is 2.30. The predicted octanol–water partition coefficient (Wildman–Crippen LogP) is 2.99. The minimum atomic E-state index is -3.63. The number of benzene rings is 1. The van der Waals surface area contributed by atoms with Crippen molar-refractivity contribution < 1.29 is 13.3 Å². The zero-order valence-corrected chi connectivity index (χ0v) is 13.0. The Morgan fingerprint density at radius 3 is 2.62 bits per heavy atom. The van der Waals surface area contributed by atoms with Crippen LogP contribution in [-0.2, 0) is 9.84 Å². The van der Waals surface area contributed by atoms with Crippen LogP contribution in [-0.4, -0.2) is 25.6 Å². The van der Waals surface area contributed by atoms with Crippen LogP contribution in [0.1, 0.15) is 32.6 Å². The maximum absolute atomic E-state index is 11.7. The summed E-state index contributed by atoms with van der Waals surface area (Å²) in [5, 5.41) is 14.1. The van der Waals surface area contributed by atoms with E-state index in [9.17, 15) is 18.5 Å². The number of rotatable bonds is 7. The Kier molecular flexibility index (Phi) is 4.51. The van der Waals surface area contributed by atoms with E-state index in [1.807, 2.05) is 6.92 Å². The molecule has 1 unspecified atom stereocenters. The van der Waals surface area contributed by atoms with E-state index in [4.69, 9.17) is 0 Å². The molecule has 116 valence electrons. The van der Waals surface area contributed by atoms with Gasteiger partial charge in [0.05, 0.1) is 4.92 Å². The van der Waals surface area contributed by atoms with Gasteiger partial charge < -0.3 is 5.32 Å². The molecular weight excluding hydrogens is 292 g/mol. The van der Waals surface area contributed by atoms with Gasteiger partial charge in [0.25, 0.3) is 5.69 Å². The molecule has 0 radical (unpaired) electrons. The zero-order valence-electron chi connectivity index (χ0n) is 12.2. The minimum Gasteiger partial charge on any atom is -0.383 e. The molecule has 1 aromatic rings. The van der Waals surface area contributed by atoms with Crippen LogP contribution in [0, 0.1) is 16.0 Å². The predicted molar refractivity (Wildman–Crippen MR) is 81.2 cm³/mol. The highest BCUT2D eigenvalue weighted by Crippen LogP contribution is 2.34. The standard InChI is InChI=1S/C14H20N2O4S/c1-10(3-4-11-5-6-11)15-12-7-8-13(16(17)18)14(9-12)21(2,19)20/h7-11,15H,3-6H2,1-2H3. The second-order valence-corrected chi connectivity index (χ2v) is 7.76. The maximum atomic E-state index is 11.7. The summed E-state index contributed by atoms with van der Waals surface area (Å²) < 4.78 is 23.4. The summed E-state index contributed by atoms with van der Waals surface area (Å²) in [4.78, 5) is 9.99. The summed E-state index contributed by atoms with van der Waals surface area (Å²) in [5.41, 5.74) is 0.220. The molecule has 1 fully saturated rings. The van der Waals surface area contributed by atoms with E-state index in [1.54, 1.807) is 6.07 Å². The lowest BCUT2D eigenvalue weighted by atomic mass is 10.1. The van der Waals surface area contributed by atoms with E-state index in [0.29, 0.717) is 5.69 Å². The molecule has 1 aliphatic carbocycles. The minimum absolute atomic E-state index is 0.208. The van der Waals surface area contributed by atoms with Crippen LogP contribution in [0.5, 0.6) is 0 Å². The second-order valence-electron chi connectivity index (χ2n) is 5.78. The van der Waals surface area contributed by atoms with Crippen molar-refractivity contribution in [3.8, 4) is 0 Å². The lowest BCUT2D eigenvalue weighted by Crippen LogP contribution is -2.15. The van der Waals surface area contributed by atoms with Crippen molar-refractivity contribution in [3.05, 3.63) is 28.3 Å². The van der Waals surface area contributed by atoms with Gasteiger partial charge in [-0.05, 0) is 37.8 Å².